The SMILES string of the molecule is CCc1nn(C)c(O[C@@H](C)CN(CC)C(=O)OC(C)(C)C)c1B1OC(C)(C)C(C)(C)O1. The first-order valence-corrected chi connectivity index (χ1v) is 11.2. The minimum Gasteiger partial charge on any atom is -0.473 e. The number of hydrogen-bond acceptors (Lipinski definition) is 6. The summed E-state index contributed by atoms with van der Waals surface area (Å²) in [6.07, 6.45) is 0.0916. The number of amides is 1. The van der Waals surface area contributed by atoms with Crippen LogP contribution in [0.4, 0.5) is 4.79 Å². The van der Waals surface area contributed by atoms with E-state index in [1.807, 2.05) is 76.3 Å². The van der Waals surface area contributed by atoms with E-state index in [0.717, 1.165) is 17.6 Å². The van der Waals surface area contributed by atoms with Crippen LogP contribution in [-0.2, 0) is 27.5 Å². The van der Waals surface area contributed by atoms with Crippen LogP contribution in [0.2, 0.25) is 0 Å². The van der Waals surface area contributed by atoms with Gasteiger partial charge < -0.3 is 23.7 Å². The molecule has 1 atom stereocenters. The van der Waals surface area contributed by atoms with Gasteiger partial charge in [-0.2, -0.15) is 5.10 Å². The van der Waals surface area contributed by atoms with Gasteiger partial charge >= 0.3 is 13.2 Å². The topological polar surface area (TPSA) is 75.1 Å². The molecule has 8 nitrogen and oxygen atoms in total. The lowest BCUT2D eigenvalue weighted by Gasteiger charge is -2.32. The van der Waals surface area contributed by atoms with Crippen molar-refractivity contribution < 1.29 is 23.6 Å². The molecule has 1 aliphatic heterocycles. The second-order valence-corrected chi connectivity index (χ2v) is 10.2. The Morgan fingerprint density at radius 2 is 1.74 bits per heavy atom. The van der Waals surface area contributed by atoms with E-state index in [-0.39, 0.29) is 12.2 Å². The van der Waals surface area contributed by atoms with Gasteiger partial charge in [0.15, 0.2) is 0 Å². The predicted molar refractivity (Wildman–Crippen MR) is 122 cm³/mol. The maximum absolute atomic E-state index is 12.5. The highest BCUT2D eigenvalue weighted by molar-refractivity contribution is 6.63. The quantitative estimate of drug-likeness (QED) is 0.610. The van der Waals surface area contributed by atoms with Crippen molar-refractivity contribution in [3.63, 3.8) is 0 Å². The van der Waals surface area contributed by atoms with Gasteiger partial charge in [-0.3, -0.25) is 0 Å². The summed E-state index contributed by atoms with van der Waals surface area (Å²) < 4.78 is 26.1. The number of ether oxygens (including phenoxy) is 2. The fourth-order valence-corrected chi connectivity index (χ4v) is 3.37. The highest BCUT2D eigenvalue weighted by Gasteiger charge is 2.54. The summed E-state index contributed by atoms with van der Waals surface area (Å²) in [6.45, 7) is 20.5. The van der Waals surface area contributed by atoms with E-state index in [4.69, 9.17) is 18.8 Å². The first-order chi connectivity index (χ1) is 14.1. The summed E-state index contributed by atoms with van der Waals surface area (Å²) in [5.74, 6) is 0.600. The molecular weight excluding hydrogens is 397 g/mol. The molecule has 1 fully saturated rings. The zero-order valence-corrected chi connectivity index (χ0v) is 21.2. The molecule has 176 valence electrons. The van der Waals surface area contributed by atoms with Crippen molar-refractivity contribution in [1.82, 2.24) is 14.7 Å². The molecule has 0 radical (unpaired) electrons. The van der Waals surface area contributed by atoms with Gasteiger partial charge in [0, 0.05) is 13.6 Å². The molecule has 0 bridgehead atoms. The van der Waals surface area contributed by atoms with Gasteiger partial charge in [-0.25, -0.2) is 9.48 Å². The third-order valence-electron chi connectivity index (χ3n) is 5.75. The molecule has 31 heavy (non-hydrogen) atoms. The molecule has 1 aliphatic rings. The Labute approximate surface area is 187 Å². The molecule has 0 aromatic carbocycles. The van der Waals surface area contributed by atoms with Crippen LogP contribution in [0, 0.1) is 0 Å². The molecule has 0 aliphatic carbocycles. The van der Waals surface area contributed by atoms with Crippen molar-refractivity contribution in [1.29, 1.82) is 0 Å². The fraction of sp³-hybridized carbons (Fsp3) is 0.818. The predicted octanol–water partition coefficient (Wildman–Crippen LogP) is 3.31. The summed E-state index contributed by atoms with van der Waals surface area (Å²) in [4.78, 5) is 14.1. The van der Waals surface area contributed by atoms with Crippen LogP contribution in [0.1, 0.15) is 74.9 Å². The standard InChI is InChI=1S/C22H40BN3O5/c1-12-16-17(23-30-21(7,8)22(9,10)31-23)18(25(11)24-16)28-15(3)14-26(13-2)19(27)29-20(4,5)6/h15H,12-14H2,1-11H3/t15-/m0/s1. The Kier molecular flexibility index (Phi) is 7.43. The van der Waals surface area contributed by atoms with Crippen LogP contribution in [0.15, 0.2) is 0 Å². The van der Waals surface area contributed by atoms with Crippen molar-refractivity contribution in [3.8, 4) is 5.88 Å². The molecule has 0 saturated carbocycles. The first-order valence-electron chi connectivity index (χ1n) is 11.2. The van der Waals surface area contributed by atoms with E-state index in [0.29, 0.717) is 19.0 Å². The number of carbonyl (C=O) groups is 1. The number of hydrogen-bond donors (Lipinski definition) is 0. The molecule has 2 heterocycles. The van der Waals surface area contributed by atoms with E-state index < -0.39 is 23.9 Å². The third-order valence-corrected chi connectivity index (χ3v) is 5.75. The van der Waals surface area contributed by atoms with Gasteiger partial charge in [0.05, 0.1) is 28.9 Å². The smallest absolute Gasteiger partial charge is 0.473 e. The molecular formula is C22H40BN3O5. The monoisotopic (exact) mass is 437 g/mol. The van der Waals surface area contributed by atoms with Gasteiger partial charge in [0.2, 0.25) is 5.88 Å². The molecule has 2 rings (SSSR count). The minimum atomic E-state index is -0.566. The zero-order valence-electron chi connectivity index (χ0n) is 21.2. The van der Waals surface area contributed by atoms with Gasteiger partial charge in [-0.15, -0.1) is 0 Å². The van der Waals surface area contributed by atoms with E-state index >= 15 is 0 Å². The van der Waals surface area contributed by atoms with Crippen LogP contribution < -0.4 is 10.2 Å². The van der Waals surface area contributed by atoms with Crippen LogP contribution in [0.5, 0.6) is 5.88 Å². The number of carbonyl (C=O) groups excluding carboxylic acids is 1. The highest BCUT2D eigenvalue weighted by Crippen LogP contribution is 2.37. The Morgan fingerprint density at radius 3 is 2.19 bits per heavy atom. The maximum atomic E-state index is 12.5. The molecule has 0 spiro atoms. The molecule has 0 unspecified atom stereocenters. The number of aromatic nitrogens is 2. The van der Waals surface area contributed by atoms with Crippen molar-refractivity contribution >= 4 is 18.7 Å². The summed E-state index contributed by atoms with van der Waals surface area (Å²) in [5, 5.41) is 4.63. The highest BCUT2D eigenvalue weighted by atomic mass is 16.7. The fourth-order valence-electron chi connectivity index (χ4n) is 3.37. The number of aryl methyl sites for hydroxylation is 2. The average molecular weight is 437 g/mol. The number of rotatable bonds is 7. The molecule has 9 heteroatoms. The van der Waals surface area contributed by atoms with Crippen LogP contribution in [0.3, 0.4) is 0 Å². The first kappa shape index (κ1) is 25.5. The minimum absolute atomic E-state index is 0.284. The van der Waals surface area contributed by atoms with E-state index in [1.54, 1.807) is 9.58 Å². The van der Waals surface area contributed by atoms with E-state index in [2.05, 4.69) is 5.10 Å². The summed E-state index contributed by atoms with van der Waals surface area (Å²) in [5.41, 5.74) is 0.226. The van der Waals surface area contributed by atoms with E-state index in [1.165, 1.54) is 0 Å². The lowest BCUT2D eigenvalue weighted by Crippen LogP contribution is -2.43. The van der Waals surface area contributed by atoms with Crippen molar-refractivity contribution in [2.24, 2.45) is 7.05 Å². The number of likely N-dealkylation sites (N-methyl/N-ethyl adjacent to an activating group) is 1. The van der Waals surface area contributed by atoms with Crippen LogP contribution in [0.25, 0.3) is 0 Å². The average Bonchev–Trinajstić information content (AvgIpc) is 3.03. The summed E-state index contributed by atoms with van der Waals surface area (Å²) in [6, 6.07) is 0. The molecule has 1 aromatic rings. The van der Waals surface area contributed by atoms with Crippen molar-refractivity contribution in [3.05, 3.63) is 5.69 Å². The molecule has 0 N–H and O–H groups in total. The summed E-state index contributed by atoms with van der Waals surface area (Å²) >= 11 is 0. The lowest BCUT2D eigenvalue weighted by atomic mass is 9.78. The lowest BCUT2D eigenvalue weighted by molar-refractivity contribution is 0.00578. The van der Waals surface area contributed by atoms with E-state index in [9.17, 15) is 4.79 Å². The normalized spacial score (nSPS) is 18.7. The zero-order chi connectivity index (χ0) is 23.8. The molecule has 1 aromatic heterocycles. The Bertz CT molecular complexity index is 769. The third kappa shape index (κ3) is 5.74. The second kappa shape index (κ2) is 9.02. The maximum Gasteiger partial charge on any atom is 0.502 e. The van der Waals surface area contributed by atoms with Crippen molar-refractivity contribution in [2.75, 3.05) is 13.1 Å². The number of nitrogens with zero attached hydrogens (tertiary/aromatic N) is 3. The van der Waals surface area contributed by atoms with Gasteiger partial charge in [0.1, 0.15) is 11.7 Å². The van der Waals surface area contributed by atoms with Crippen molar-refractivity contribution in [2.45, 2.75) is 98.6 Å². The van der Waals surface area contributed by atoms with Gasteiger partial charge in [0.25, 0.3) is 0 Å². The Balaban J connectivity index is 2.23. The summed E-state index contributed by atoms with van der Waals surface area (Å²) in [7, 11) is 1.28. The largest absolute Gasteiger partial charge is 0.502 e. The van der Waals surface area contributed by atoms with Gasteiger partial charge in [-0.1, -0.05) is 6.92 Å². The van der Waals surface area contributed by atoms with Gasteiger partial charge in [-0.05, 0) is 68.7 Å². The molecule has 1 amide bonds. The van der Waals surface area contributed by atoms with Crippen LogP contribution >= 0.6 is 0 Å². The Morgan fingerprint density at radius 1 is 1.19 bits per heavy atom. The second-order valence-electron chi connectivity index (χ2n) is 10.2. The Hall–Kier alpha value is -1.74. The van der Waals surface area contributed by atoms with Crippen LogP contribution in [-0.4, -0.2) is 63.9 Å². The molecule has 1 saturated heterocycles.